The number of imidazole rings is 1. The predicted octanol–water partition coefficient (Wildman–Crippen LogP) is 1.04. The van der Waals surface area contributed by atoms with Crippen LogP contribution >= 0.6 is 0 Å². The predicted molar refractivity (Wildman–Crippen MR) is 88.2 cm³/mol. The lowest BCUT2D eigenvalue weighted by atomic mass is 10.1. The molecule has 1 unspecified atom stereocenters. The smallest absolute Gasteiger partial charge is 0.255 e. The molecule has 2 aliphatic rings. The van der Waals surface area contributed by atoms with E-state index in [0.29, 0.717) is 18.0 Å². The van der Waals surface area contributed by atoms with Gasteiger partial charge in [0.05, 0.1) is 24.5 Å². The van der Waals surface area contributed by atoms with Crippen molar-refractivity contribution in [2.24, 2.45) is 5.92 Å². The SMILES string of the molecule is O=C(c1ccnnc1)N1Cc2nccn2CC(CN2CCCC2)C1. The molecule has 2 aliphatic heterocycles. The highest BCUT2D eigenvalue weighted by atomic mass is 16.2. The summed E-state index contributed by atoms with van der Waals surface area (Å²) in [6.45, 7) is 5.61. The fraction of sp³-hybridized carbons (Fsp3) is 0.529. The van der Waals surface area contributed by atoms with Gasteiger partial charge >= 0.3 is 0 Å². The van der Waals surface area contributed by atoms with Crippen molar-refractivity contribution < 1.29 is 4.79 Å². The van der Waals surface area contributed by atoms with Gasteiger partial charge in [0.25, 0.3) is 5.91 Å². The van der Waals surface area contributed by atoms with Gasteiger partial charge in [-0.3, -0.25) is 4.79 Å². The van der Waals surface area contributed by atoms with E-state index in [9.17, 15) is 4.79 Å². The van der Waals surface area contributed by atoms with Gasteiger partial charge in [0.1, 0.15) is 5.82 Å². The highest BCUT2D eigenvalue weighted by Gasteiger charge is 2.28. The molecule has 4 heterocycles. The highest BCUT2D eigenvalue weighted by molar-refractivity contribution is 5.93. The topological polar surface area (TPSA) is 67.2 Å². The normalized spacial score (nSPS) is 21.5. The second kappa shape index (κ2) is 6.68. The molecule has 4 rings (SSSR count). The summed E-state index contributed by atoms with van der Waals surface area (Å²) >= 11 is 0. The number of carbonyl (C=O) groups is 1. The Balaban J connectivity index is 1.55. The Morgan fingerprint density at radius 1 is 1.17 bits per heavy atom. The molecule has 7 nitrogen and oxygen atoms in total. The van der Waals surface area contributed by atoms with E-state index >= 15 is 0 Å². The lowest BCUT2D eigenvalue weighted by Crippen LogP contribution is -2.38. The van der Waals surface area contributed by atoms with Gasteiger partial charge in [-0.15, -0.1) is 0 Å². The van der Waals surface area contributed by atoms with Crippen molar-refractivity contribution in [3.63, 3.8) is 0 Å². The van der Waals surface area contributed by atoms with Gasteiger partial charge in [-0.2, -0.15) is 10.2 Å². The third kappa shape index (κ3) is 3.17. The summed E-state index contributed by atoms with van der Waals surface area (Å²) in [4.78, 5) is 21.7. The van der Waals surface area contributed by atoms with E-state index in [1.54, 1.807) is 12.3 Å². The van der Waals surface area contributed by atoms with E-state index in [1.165, 1.54) is 32.1 Å². The number of carbonyl (C=O) groups excluding carboxylic acids is 1. The van der Waals surface area contributed by atoms with Crippen LogP contribution in [0.1, 0.15) is 29.0 Å². The van der Waals surface area contributed by atoms with Gasteiger partial charge < -0.3 is 14.4 Å². The highest BCUT2D eigenvalue weighted by Crippen LogP contribution is 2.20. The molecule has 2 aromatic heterocycles. The van der Waals surface area contributed by atoms with Crippen LogP contribution in [0.3, 0.4) is 0 Å². The summed E-state index contributed by atoms with van der Waals surface area (Å²) in [6.07, 6.45) is 9.52. The second-order valence-electron chi connectivity index (χ2n) is 6.69. The molecular formula is C17H22N6O. The monoisotopic (exact) mass is 326 g/mol. The minimum atomic E-state index is 0.00720. The molecular weight excluding hydrogens is 304 g/mol. The van der Waals surface area contributed by atoms with Crippen molar-refractivity contribution in [2.75, 3.05) is 26.2 Å². The maximum atomic E-state index is 12.9. The maximum absolute atomic E-state index is 12.9. The van der Waals surface area contributed by atoms with Crippen LogP contribution in [0.2, 0.25) is 0 Å². The molecule has 0 N–H and O–H groups in total. The van der Waals surface area contributed by atoms with Crippen molar-refractivity contribution >= 4 is 5.91 Å². The van der Waals surface area contributed by atoms with Crippen LogP contribution in [0.4, 0.5) is 0 Å². The Labute approximate surface area is 141 Å². The number of rotatable bonds is 3. The molecule has 2 aromatic rings. The largest absolute Gasteiger partial charge is 0.333 e. The van der Waals surface area contributed by atoms with Crippen molar-refractivity contribution in [3.8, 4) is 0 Å². The van der Waals surface area contributed by atoms with Crippen molar-refractivity contribution in [3.05, 3.63) is 42.2 Å². The molecule has 7 heteroatoms. The number of fused-ring (bicyclic) bond motifs is 1. The van der Waals surface area contributed by atoms with Crippen LogP contribution in [0, 0.1) is 5.92 Å². The Kier molecular flexibility index (Phi) is 4.25. The van der Waals surface area contributed by atoms with E-state index in [1.807, 2.05) is 17.3 Å². The molecule has 0 bridgehead atoms. The number of amides is 1. The molecule has 0 aromatic carbocycles. The second-order valence-corrected chi connectivity index (χ2v) is 6.69. The van der Waals surface area contributed by atoms with Gasteiger partial charge in [0, 0.05) is 37.9 Å². The summed E-state index contributed by atoms with van der Waals surface area (Å²) in [5, 5.41) is 7.59. The molecule has 0 radical (unpaired) electrons. The van der Waals surface area contributed by atoms with Crippen molar-refractivity contribution in [2.45, 2.75) is 25.9 Å². The van der Waals surface area contributed by atoms with E-state index < -0.39 is 0 Å². The summed E-state index contributed by atoms with van der Waals surface area (Å²) in [5.41, 5.74) is 0.588. The zero-order valence-corrected chi connectivity index (χ0v) is 13.7. The maximum Gasteiger partial charge on any atom is 0.255 e. The summed E-state index contributed by atoms with van der Waals surface area (Å²) in [5.74, 6) is 1.37. The van der Waals surface area contributed by atoms with Crippen molar-refractivity contribution in [1.29, 1.82) is 0 Å². The molecule has 0 spiro atoms. The molecule has 0 aliphatic carbocycles. The van der Waals surface area contributed by atoms with Crippen LogP contribution in [0.5, 0.6) is 0 Å². The third-order valence-electron chi connectivity index (χ3n) is 4.90. The standard InChI is InChI=1S/C17H22N6O/c24-17(15-3-4-19-20-9-15)23-12-14(10-21-6-1-2-7-21)11-22-8-5-18-16(22)13-23/h3-5,8-9,14H,1-2,6-7,10-13H2. The first-order valence-corrected chi connectivity index (χ1v) is 8.58. The molecule has 1 saturated heterocycles. The molecule has 0 saturated carbocycles. The Morgan fingerprint density at radius 2 is 2.04 bits per heavy atom. The van der Waals surface area contributed by atoms with E-state index in [2.05, 4.69) is 24.6 Å². The quantitative estimate of drug-likeness (QED) is 0.843. The molecule has 126 valence electrons. The van der Waals surface area contributed by atoms with Crippen LogP contribution in [0.25, 0.3) is 0 Å². The fourth-order valence-electron chi connectivity index (χ4n) is 3.74. The first kappa shape index (κ1) is 15.3. The van der Waals surface area contributed by atoms with E-state index in [-0.39, 0.29) is 5.91 Å². The fourth-order valence-corrected chi connectivity index (χ4v) is 3.74. The first-order chi connectivity index (χ1) is 11.8. The average Bonchev–Trinajstić information content (AvgIpc) is 3.24. The van der Waals surface area contributed by atoms with Gasteiger partial charge in [-0.05, 0) is 32.0 Å². The van der Waals surface area contributed by atoms with Crippen LogP contribution in [0.15, 0.2) is 30.9 Å². The van der Waals surface area contributed by atoms with Crippen molar-refractivity contribution in [1.82, 2.24) is 29.5 Å². The molecule has 24 heavy (non-hydrogen) atoms. The van der Waals surface area contributed by atoms with E-state index in [0.717, 1.165) is 25.5 Å². The lowest BCUT2D eigenvalue weighted by Gasteiger charge is -2.27. The number of aromatic nitrogens is 4. The molecule has 1 atom stereocenters. The summed E-state index contributed by atoms with van der Waals surface area (Å²) in [7, 11) is 0. The molecule has 1 amide bonds. The van der Waals surface area contributed by atoms with Crippen LogP contribution in [-0.2, 0) is 13.1 Å². The minimum absolute atomic E-state index is 0.00720. The number of likely N-dealkylation sites (tertiary alicyclic amines) is 1. The Bertz CT molecular complexity index is 694. The zero-order chi connectivity index (χ0) is 16.4. The average molecular weight is 326 g/mol. The van der Waals surface area contributed by atoms with E-state index in [4.69, 9.17) is 0 Å². The first-order valence-electron chi connectivity index (χ1n) is 8.58. The van der Waals surface area contributed by atoms with Crippen LogP contribution < -0.4 is 0 Å². The van der Waals surface area contributed by atoms with Gasteiger partial charge in [-0.1, -0.05) is 0 Å². The van der Waals surface area contributed by atoms with Crippen LogP contribution in [-0.4, -0.2) is 61.6 Å². The lowest BCUT2D eigenvalue weighted by molar-refractivity contribution is 0.0706. The molecule has 1 fully saturated rings. The minimum Gasteiger partial charge on any atom is -0.333 e. The number of nitrogens with zero attached hydrogens (tertiary/aromatic N) is 6. The van der Waals surface area contributed by atoms with Gasteiger partial charge in [-0.25, -0.2) is 4.98 Å². The Hall–Kier alpha value is -2.28. The third-order valence-corrected chi connectivity index (χ3v) is 4.90. The summed E-state index contributed by atoms with van der Waals surface area (Å²) < 4.78 is 2.19. The van der Waals surface area contributed by atoms with Gasteiger partial charge in [0.2, 0.25) is 0 Å². The zero-order valence-electron chi connectivity index (χ0n) is 13.7. The Morgan fingerprint density at radius 3 is 2.83 bits per heavy atom. The summed E-state index contributed by atoms with van der Waals surface area (Å²) in [6, 6.07) is 1.72. The number of hydrogen-bond donors (Lipinski definition) is 0. The number of hydrogen-bond acceptors (Lipinski definition) is 5. The van der Waals surface area contributed by atoms with Gasteiger partial charge in [0.15, 0.2) is 0 Å².